The first-order valence-corrected chi connectivity index (χ1v) is 7.19. The zero-order chi connectivity index (χ0) is 14.9. The van der Waals surface area contributed by atoms with Gasteiger partial charge in [0.2, 0.25) is 6.79 Å². The van der Waals surface area contributed by atoms with Gasteiger partial charge in [0.05, 0.1) is 11.0 Å². The molecule has 4 rings (SSSR count). The van der Waals surface area contributed by atoms with Crippen LogP contribution in [0.5, 0.6) is 11.5 Å². The van der Waals surface area contributed by atoms with Crippen molar-refractivity contribution < 1.29 is 14.6 Å². The molecule has 112 valence electrons. The van der Waals surface area contributed by atoms with Crippen molar-refractivity contribution in [3.05, 3.63) is 36.5 Å². The predicted molar refractivity (Wildman–Crippen MR) is 80.8 cm³/mol. The van der Waals surface area contributed by atoms with Crippen molar-refractivity contribution in [1.82, 2.24) is 14.5 Å². The summed E-state index contributed by atoms with van der Waals surface area (Å²) in [7, 11) is 0. The third kappa shape index (κ3) is 2.08. The van der Waals surface area contributed by atoms with Crippen molar-refractivity contribution in [2.24, 2.45) is 0 Å². The molecule has 2 aromatic heterocycles. The van der Waals surface area contributed by atoms with Crippen LogP contribution in [0.15, 0.2) is 36.5 Å². The van der Waals surface area contributed by atoms with E-state index in [2.05, 4.69) is 9.55 Å². The fourth-order valence-electron chi connectivity index (χ4n) is 2.66. The molecule has 0 saturated heterocycles. The summed E-state index contributed by atoms with van der Waals surface area (Å²) in [5.74, 6) is 2.23. The number of benzene rings is 1. The number of fused-ring (bicyclic) bond motifs is 2. The number of pyridine rings is 1. The number of hydrogen-bond acceptors (Lipinski definition) is 5. The quantitative estimate of drug-likeness (QED) is 0.799. The Hall–Kier alpha value is -2.60. The second-order valence-electron chi connectivity index (χ2n) is 5.07. The third-order valence-corrected chi connectivity index (χ3v) is 3.68. The molecule has 3 heterocycles. The Morgan fingerprint density at radius 1 is 1.18 bits per heavy atom. The summed E-state index contributed by atoms with van der Waals surface area (Å²) in [6.45, 7) is 1.04. The molecular formula is C16H15N3O3. The standard InChI is InChI=1S/C16H15N3O3/c20-7-3-6-19-13-9-15-14(21-10-22-15)8-12(13)18-16(19)11-4-1-2-5-17-11/h1-2,4-5,8-9,20H,3,6-7,10H2. The average Bonchev–Trinajstić information content (AvgIpc) is 3.15. The Kier molecular flexibility index (Phi) is 3.16. The lowest BCUT2D eigenvalue weighted by Crippen LogP contribution is -2.03. The van der Waals surface area contributed by atoms with Gasteiger partial charge in [0.15, 0.2) is 17.3 Å². The molecular weight excluding hydrogens is 282 g/mol. The fourth-order valence-corrected chi connectivity index (χ4v) is 2.66. The Labute approximate surface area is 127 Å². The van der Waals surface area contributed by atoms with Gasteiger partial charge in [0, 0.05) is 31.5 Å². The summed E-state index contributed by atoms with van der Waals surface area (Å²) < 4.78 is 12.9. The summed E-state index contributed by atoms with van der Waals surface area (Å²) in [4.78, 5) is 9.08. The second-order valence-corrected chi connectivity index (χ2v) is 5.07. The highest BCUT2D eigenvalue weighted by Gasteiger charge is 2.20. The van der Waals surface area contributed by atoms with E-state index in [0.29, 0.717) is 18.7 Å². The van der Waals surface area contributed by atoms with Crippen molar-refractivity contribution in [3.63, 3.8) is 0 Å². The monoisotopic (exact) mass is 297 g/mol. The Bertz CT molecular complexity index is 814. The SMILES string of the molecule is OCCCn1c(-c2ccccn2)nc2cc3c(cc21)OCO3. The lowest BCUT2D eigenvalue weighted by Gasteiger charge is -2.08. The van der Waals surface area contributed by atoms with E-state index in [1.807, 2.05) is 30.3 Å². The maximum atomic E-state index is 9.16. The van der Waals surface area contributed by atoms with E-state index in [9.17, 15) is 0 Å². The Balaban J connectivity index is 1.91. The fraction of sp³-hybridized carbons (Fsp3) is 0.250. The number of aliphatic hydroxyl groups excluding tert-OH is 1. The molecule has 1 aromatic carbocycles. The number of ether oxygens (including phenoxy) is 2. The van der Waals surface area contributed by atoms with Gasteiger partial charge in [-0.2, -0.15) is 0 Å². The molecule has 6 heteroatoms. The number of imidazole rings is 1. The van der Waals surface area contributed by atoms with Crippen LogP contribution in [0, 0.1) is 0 Å². The third-order valence-electron chi connectivity index (χ3n) is 3.68. The first kappa shape index (κ1) is 13.1. The van der Waals surface area contributed by atoms with Gasteiger partial charge in [0.1, 0.15) is 5.69 Å². The van der Waals surface area contributed by atoms with Crippen molar-refractivity contribution in [3.8, 4) is 23.0 Å². The number of aliphatic hydroxyl groups is 1. The highest BCUT2D eigenvalue weighted by atomic mass is 16.7. The van der Waals surface area contributed by atoms with Gasteiger partial charge in [0.25, 0.3) is 0 Å². The van der Waals surface area contributed by atoms with Crippen LogP contribution in [-0.4, -0.2) is 33.0 Å². The lowest BCUT2D eigenvalue weighted by atomic mass is 10.2. The van der Waals surface area contributed by atoms with Crippen molar-refractivity contribution in [2.45, 2.75) is 13.0 Å². The Morgan fingerprint density at radius 3 is 2.82 bits per heavy atom. The molecule has 0 bridgehead atoms. The zero-order valence-corrected chi connectivity index (χ0v) is 11.9. The smallest absolute Gasteiger partial charge is 0.231 e. The summed E-state index contributed by atoms with van der Waals surface area (Å²) in [6.07, 6.45) is 2.40. The molecule has 0 atom stereocenters. The number of hydrogen-bond donors (Lipinski definition) is 1. The van der Waals surface area contributed by atoms with Crippen LogP contribution in [0.2, 0.25) is 0 Å². The van der Waals surface area contributed by atoms with Gasteiger partial charge in [-0.1, -0.05) is 6.07 Å². The Morgan fingerprint density at radius 2 is 2.05 bits per heavy atom. The number of rotatable bonds is 4. The molecule has 0 saturated carbocycles. The number of nitrogens with zero attached hydrogens (tertiary/aromatic N) is 3. The van der Waals surface area contributed by atoms with Crippen LogP contribution in [0.1, 0.15) is 6.42 Å². The molecule has 0 spiro atoms. The van der Waals surface area contributed by atoms with Crippen LogP contribution in [0.25, 0.3) is 22.6 Å². The first-order valence-electron chi connectivity index (χ1n) is 7.19. The summed E-state index contributed by atoms with van der Waals surface area (Å²) in [5, 5.41) is 9.16. The predicted octanol–water partition coefficient (Wildman–Crippen LogP) is 2.21. The van der Waals surface area contributed by atoms with E-state index >= 15 is 0 Å². The normalized spacial score (nSPS) is 13.0. The minimum Gasteiger partial charge on any atom is -0.454 e. The molecule has 1 aliphatic heterocycles. The first-order chi connectivity index (χ1) is 10.9. The van der Waals surface area contributed by atoms with Crippen LogP contribution >= 0.6 is 0 Å². The highest BCUT2D eigenvalue weighted by Crippen LogP contribution is 2.37. The summed E-state index contributed by atoms with van der Waals surface area (Å²) in [5.41, 5.74) is 2.60. The highest BCUT2D eigenvalue weighted by molar-refractivity contribution is 5.84. The van der Waals surface area contributed by atoms with Gasteiger partial charge >= 0.3 is 0 Å². The summed E-state index contributed by atoms with van der Waals surface area (Å²) in [6, 6.07) is 9.57. The molecule has 1 N–H and O–H groups in total. The topological polar surface area (TPSA) is 69.4 Å². The van der Waals surface area contributed by atoms with Crippen molar-refractivity contribution >= 4 is 11.0 Å². The van der Waals surface area contributed by atoms with Gasteiger partial charge in [-0.25, -0.2) is 4.98 Å². The largest absolute Gasteiger partial charge is 0.454 e. The minimum atomic E-state index is 0.131. The van der Waals surface area contributed by atoms with Gasteiger partial charge in [-0.15, -0.1) is 0 Å². The summed E-state index contributed by atoms with van der Waals surface area (Å²) >= 11 is 0. The van der Waals surface area contributed by atoms with E-state index in [-0.39, 0.29) is 13.4 Å². The van der Waals surface area contributed by atoms with E-state index in [1.165, 1.54) is 0 Å². The number of aromatic nitrogens is 3. The van der Waals surface area contributed by atoms with E-state index < -0.39 is 0 Å². The van der Waals surface area contributed by atoms with E-state index in [4.69, 9.17) is 19.6 Å². The molecule has 0 amide bonds. The second kappa shape index (κ2) is 5.31. The minimum absolute atomic E-state index is 0.131. The molecule has 6 nitrogen and oxygen atoms in total. The van der Waals surface area contributed by atoms with Crippen LogP contribution in [-0.2, 0) is 6.54 Å². The van der Waals surface area contributed by atoms with Gasteiger partial charge in [-0.3, -0.25) is 4.98 Å². The zero-order valence-electron chi connectivity index (χ0n) is 11.9. The lowest BCUT2D eigenvalue weighted by molar-refractivity contribution is 0.174. The van der Waals surface area contributed by atoms with Gasteiger partial charge < -0.3 is 19.1 Å². The van der Waals surface area contributed by atoms with Crippen LogP contribution < -0.4 is 9.47 Å². The molecule has 22 heavy (non-hydrogen) atoms. The van der Waals surface area contributed by atoms with E-state index in [0.717, 1.165) is 28.3 Å². The molecule has 0 radical (unpaired) electrons. The van der Waals surface area contributed by atoms with Crippen molar-refractivity contribution in [1.29, 1.82) is 0 Å². The molecule has 3 aromatic rings. The maximum absolute atomic E-state index is 9.16. The molecule has 0 fully saturated rings. The van der Waals surface area contributed by atoms with Crippen LogP contribution in [0.4, 0.5) is 0 Å². The molecule has 0 aliphatic carbocycles. The maximum Gasteiger partial charge on any atom is 0.231 e. The van der Waals surface area contributed by atoms with Crippen molar-refractivity contribution in [2.75, 3.05) is 13.4 Å². The average molecular weight is 297 g/mol. The van der Waals surface area contributed by atoms with Crippen LogP contribution in [0.3, 0.4) is 0 Å². The van der Waals surface area contributed by atoms with E-state index in [1.54, 1.807) is 6.20 Å². The molecule has 1 aliphatic rings. The van der Waals surface area contributed by atoms with Gasteiger partial charge in [-0.05, 0) is 18.6 Å². The molecule has 0 unspecified atom stereocenters. The number of aryl methyl sites for hydroxylation is 1.